The SMILES string of the molecule is COc1ccc(/C=C(\C)C(=O)c2ccccc2O)cc1. The van der Waals surface area contributed by atoms with E-state index in [4.69, 9.17) is 4.74 Å². The fourth-order valence-electron chi connectivity index (χ4n) is 1.89. The van der Waals surface area contributed by atoms with E-state index in [9.17, 15) is 9.90 Å². The highest BCUT2D eigenvalue weighted by atomic mass is 16.5. The molecule has 1 N–H and O–H groups in total. The molecular weight excluding hydrogens is 252 g/mol. The zero-order chi connectivity index (χ0) is 14.5. The molecule has 20 heavy (non-hydrogen) atoms. The van der Waals surface area contributed by atoms with Gasteiger partial charge in [0.2, 0.25) is 0 Å². The van der Waals surface area contributed by atoms with Gasteiger partial charge in [-0.3, -0.25) is 4.79 Å². The number of phenols is 1. The lowest BCUT2D eigenvalue weighted by atomic mass is 10.0. The lowest BCUT2D eigenvalue weighted by Crippen LogP contribution is -2.00. The third kappa shape index (κ3) is 3.06. The van der Waals surface area contributed by atoms with E-state index in [1.807, 2.05) is 24.3 Å². The molecule has 0 unspecified atom stereocenters. The number of allylic oxidation sites excluding steroid dienone is 1. The maximum absolute atomic E-state index is 12.2. The number of ketones is 1. The maximum Gasteiger partial charge on any atom is 0.192 e. The molecule has 2 aromatic carbocycles. The Labute approximate surface area is 118 Å². The molecule has 0 aromatic heterocycles. The quantitative estimate of drug-likeness (QED) is 0.679. The monoisotopic (exact) mass is 268 g/mol. The summed E-state index contributed by atoms with van der Waals surface area (Å²) in [6, 6.07) is 14.0. The van der Waals surface area contributed by atoms with E-state index in [1.54, 1.807) is 38.3 Å². The van der Waals surface area contributed by atoms with Gasteiger partial charge in [0.1, 0.15) is 11.5 Å². The molecule has 3 heteroatoms. The normalized spacial score (nSPS) is 11.2. The Morgan fingerprint density at radius 1 is 1.10 bits per heavy atom. The number of phenolic OH excluding ortho intramolecular Hbond substituents is 1. The van der Waals surface area contributed by atoms with Crippen LogP contribution in [0.3, 0.4) is 0 Å². The Morgan fingerprint density at radius 2 is 1.75 bits per heavy atom. The van der Waals surface area contributed by atoms with Crippen molar-refractivity contribution in [3.8, 4) is 11.5 Å². The standard InChI is InChI=1S/C17H16O3/c1-12(11-13-7-9-14(20-2)10-8-13)17(19)15-5-3-4-6-16(15)18/h3-11,18H,1-2H3/b12-11+. The molecule has 0 aliphatic heterocycles. The van der Waals surface area contributed by atoms with Gasteiger partial charge in [0.25, 0.3) is 0 Å². The molecule has 0 atom stereocenters. The molecule has 2 rings (SSSR count). The van der Waals surface area contributed by atoms with E-state index < -0.39 is 0 Å². The molecule has 0 amide bonds. The molecule has 0 saturated heterocycles. The molecular formula is C17H16O3. The Morgan fingerprint density at radius 3 is 2.35 bits per heavy atom. The van der Waals surface area contributed by atoms with Crippen LogP contribution in [-0.2, 0) is 0 Å². The van der Waals surface area contributed by atoms with E-state index in [2.05, 4.69) is 0 Å². The van der Waals surface area contributed by atoms with E-state index in [0.29, 0.717) is 11.1 Å². The number of ether oxygens (including phenoxy) is 1. The van der Waals surface area contributed by atoms with Gasteiger partial charge in [-0.05, 0) is 48.4 Å². The molecule has 0 fully saturated rings. The number of carbonyl (C=O) groups excluding carboxylic acids is 1. The van der Waals surface area contributed by atoms with Gasteiger partial charge < -0.3 is 9.84 Å². The first-order chi connectivity index (χ1) is 9.61. The minimum atomic E-state index is -0.182. The van der Waals surface area contributed by atoms with E-state index in [1.165, 1.54) is 6.07 Å². The number of Topliss-reactive ketones (excluding diaryl/α,β-unsaturated/α-hetero) is 1. The van der Waals surface area contributed by atoms with Gasteiger partial charge in [-0.1, -0.05) is 24.3 Å². The van der Waals surface area contributed by atoms with Crippen LogP contribution in [0.1, 0.15) is 22.8 Å². The summed E-state index contributed by atoms with van der Waals surface area (Å²) in [6.45, 7) is 1.74. The minimum absolute atomic E-state index is 0.0000177. The van der Waals surface area contributed by atoms with Crippen LogP contribution in [0, 0.1) is 0 Å². The van der Waals surface area contributed by atoms with Crippen LogP contribution in [-0.4, -0.2) is 18.0 Å². The second-order valence-corrected chi connectivity index (χ2v) is 4.45. The number of aromatic hydroxyl groups is 1. The Kier molecular flexibility index (Phi) is 4.20. The molecule has 3 nitrogen and oxygen atoms in total. The second-order valence-electron chi connectivity index (χ2n) is 4.45. The summed E-state index contributed by atoms with van der Waals surface area (Å²) in [4.78, 5) is 12.2. The van der Waals surface area contributed by atoms with Crippen molar-refractivity contribution in [1.82, 2.24) is 0 Å². The van der Waals surface area contributed by atoms with E-state index in [-0.39, 0.29) is 11.5 Å². The maximum atomic E-state index is 12.2. The van der Waals surface area contributed by atoms with E-state index >= 15 is 0 Å². The highest BCUT2D eigenvalue weighted by Gasteiger charge is 2.11. The van der Waals surface area contributed by atoms with Crippen molar-refractivity contribution in [3.05, 3.63) is 65.2 Å². The van der Waals surface area contributed by atoms with Crippen molar-refractivity contribution in [3.63, 3.8) is 0 Å². The lowest BCUT2D eigenvalue weighted by Gasteiger charge is -2.04. The van der Waals surface area contributed by atoms with Crippen LogP contribution in [0.5, 0.6) is 11.5 Å². The van der Waals surface area contributed by atoms with Gasteiger partial charge in [-0.2, -0.15) is 0 Å². The van der Waals surface area contributed by atoms with Crippen molar-refractivity contribution in [2.75, 3.05) is 7.11 Å². The molecule has 0 saturated carbocycles. The predicted molar refractivity (Wildman–Crippen MR) is 79.1 cm³/mol. The first-order valence-electron chi connectivity index (χ1n) is 6.27. The van der Waals surface area contributed by atoms with Crippen LogP contribution in [0.2, 0.25) is 0 Å². The molecule has 0 aliphatic carbocycles. The van der Waals surface area contributed by atoms with Crippen molar-refractivity contribution in [2.24, 2.45) is 0 Å². The summed E-state index contributed by atoms with van der Waals surface area (Å²) in [7, 11) is 1.61. The molecule has 0 heterocycles. The smallest absolute Gasteiger partial charge is 0.192 e. The number of benzene rings is 2. The van der Waals surface area contributed by atoms with Crippen LogP contribution in [0.15, 0.2) is 54.1 Å². The first-order valence-corrected chi connectivity index (χ1v) is 6.27. The molecule has 0 bridgehead atoms. The number of carbonyl (C=O) groups is 1. The zero-order valence-corrected chi connectivity index (χ0v) is 11.5. The Hall–Kier alpha value is -2.55. The third-order valence-corrected chi connectivity index (χ3v) is 3.01. The summed E-state index contributed by atoms with van der Waals surface area (Å²) < 4.78 is 5.09. The summed E-state index contributed by atoms with van der Waals surface area (Å²) in [5.41, 5.74) is 1.79. The summed E-state index contributed by atoms with van der Waals surface area (Å²) in [6.07, 6.45) is 1.79. The second kappa shape index (κ2) is 6.06. The van der Waals surface area contributed by atoms with Crippen LogP contribution in [0.4, 0.5) is 0 Å². The Balaban J connectivity index is 2.25. The highest BCUT2D eigenvalue weighted by molar-refractivity contribution is 6.12. The number of methoxy groups -OCH3 is 1. The third-order valence-electron chi connectivity index (χ3n) is 3.01. The summed E-state index contributed by atoms with van der Waals surface area (Å²) >= 11 is 0. The van der Waals surface area contributed by atoms with Crippen molar-refractivity contribution in [1.29, 1.82) is 0 Å². The number of para-hydroxylation sites is 1. The minimum Gasteiger partial charge on any atom is -0.507 e. The predicted octanol–water partition coefficient (Wildman–Crippen LogP) is 3.69. The van der Waals surface area contributed by atoms with E-state index in [0.717, 1.165) is 11.3 Å². The summed E-state index contributed by atoms with van der Waals surface area (Å²) in [5, 5.41) is 9.70. The number of rotatable bonds is 4. The average molecular weight is 268 g/mol. The molecule has 2 aromatic rings. The van der Waals surface area contributed by atoms with Crippen LogP contribution >= 0.6 is 0 Å². The first kappa shape index (κ1) is 13.9. The number of hydrogen-bond donors (Lipinski definition) is 1. The van der Waals surface area contributed by atoms with Gasteiger partial charge in [0.15, 0.2) is 5.78 Å². The largest absolute Gasteiger partial charge is 0.507 e. The topological polar surface area (TPSA) is 46.5 Å². The van der Waals surface area contributed by atoms with Crippen LogP contribution < -0.4 is 4.74 Å². The van der Waals surface area contributed by atoms with Gasteiger partial charge in [0.05, 0.1) is 12.7 Å². The fraction of sp³-hybridized carbons (Fsp3) is 0.118. The zero-order valence-electron chi connectivity index (χ0n) is 11.5. The number of hydrogen-bond acceptors (Lipinski definition) is 3. The lowest BCUT2D eigenvalue weighted by molar-refractivity contribution is 0.103. The average Bonchev–Trinajstić information content (AvgIpc) is 2.48. The molecule has 0 spiro atoms. The van der Waals surface area contributed by atoms with Crippen molar-refractivity contribution < 1.29 is 14.6 Å². The van der Waals surface area contributed by atoms with Crippen LogP contribution in [0.25, 0.3) is 6.08 Å². The van der Waals surface area contributed by atoms with Gasteiger partial charge in [-0.15, -0.1) is 0 Å². The van der Waals surface area contributed by atoms with Gasteiger partial charge >= 0.3 is 0 Å². The van der Waals surface area contributed by atoms with Crippen molar-refractivity contribution >= 4 is 11.9 Å². The summed E-state index contributed by atoms with van der Waals surface area (Å²) in [5.74, 6) is 0.589. The van der Waals surface area contributed by atoms with Crippen molar-refractivity contribution in [2.45, 2.75) is 6.92 Å². The molecule has 102 valence electrons. The van der Waals surface area contributed by atoms with Gasteiger partial charge in [0, 0.05) is 0 Å². The molecule has 0 aliphatic rings. The fourth-order valence-corrected chi connectivity index (χ4v) is 1.89. The highest BCUT2D eigenvalue weighted by Crippen LogP contribution is 2.21. The Bertz CT molecular complexity index is 640. The molecule has 0 radical (unpaired) electrons. The van der Waals surface area contributed by atoms with Gasteiger partial charge in [-0.25, -0.2) is 0 Å².